The first-order valence-corrected chi connectivity index (χ1v) is 5.84. The van der Waals surface area contributed by atoms with Crippen molar-refractivity contribution in [2.24, 2.45) is 0 Å². The van der Waals surface area contributed by atoms with Gasteiger partial charge >= 0.3 is 0 Å². The van der Waals surface area contributed by atoms with E-state index in [9.17, 15) is 4.39 Å². The molecule has 0 atom stereocenters. The summed E-state index contributed by atoms with van der Waals surface area (Å²) in [6, 6.07) is 17.0. The lowest BCUT2D eigenvalue weighted by atomic mass is 10.1. The first-order valence-electron chi connectivity index (χ1n) is 5.84. The highest BCUT2D eigenvalue weighted by molar-refractivity contribution is 5.17. The summed E-state index contributed by atoms with van der Waals surface area (Å²) < 4.78 is 12.7. The van der Waals surface area contributed by atoms with Crippen molar-refractivity contribution < 1.29 is 4.39 Å². The highest BCUT2D eigenvalue weighted by Gasteiger charge is 1.94. The van der Waals surface area contributed by atoms with Crippen molar-refractivity contribution in [2.45, 2.75) is 13.0 Å². The summed E-state index contributed by atoms with van der Waals surface area (Å²) in [6.45, 7) is 1.78. The minimum Gasteiger partial charge on any atom is -0.312 e. The fourth-order valence-electron chi connectivity index (χ4n) is 1.71. The van der Waals surface area contributed by atoms with E-state index in [1.54, 1.807) is 0 Å². The molecule has 0 bridgehead atoms. The molecule has 0 aliphatic carbocycles. The van der Waals surface area contributed by atoms with Crippen LogP contribution in [0.2, 0.25) is 0 Å². The van der Waals surface area contributed by atoms with E-state index in [1.165, 1.54) is 17.7 Å². The fraction of sp³-hybridized carbons (Fsp3) is 0.200. The van der Waals surface area contributed by atoms with Gasteiger partial charge in [0.05, 0.1) is 0 Å². The minimum atomic E-state index is -0.175. The van der Waals surface area contributed by atoms with Crippen LogP contribution in [0.1, 0.15) is 11.1 Å². The van der Waals surface area contributed by atoms with E-state index < -0.39 is 0 Å². The Hall–Kier alpha value is -1.67. The molecule has 0 fully saturated rings. The summed E-state index contributed by atoms with van der Waals surface area (Å²) in [7, 11) is 0. The topological polar surface area (TPSA) is 12.0 Å². The van der Waals surface area contributed by atoms with Crippen molar-refractivity contribution in [1.29, 1.82) is 0 Å². The molecule has 1 N–H and O–H groups in total. The third-order valence-electron chi connectivity index (χ3n) is 2.68. The predicted octanol–water partition coefficient (Wildman–Crippen LogP) is 3.16. The van der Waals surface area contributed by atoms with Crippen molar-refractivity contribution in [1.82, 2.24) is 5.32 Å². The molecule has 0 saturated heterocycles. The van der Waals surface area contributed by atoms with Crippen molar-refractivity contribution >= 4 is 0 Å². The summed E-state index contributed by atoms with van der Waals surface area (Å²) in [4.78, 5) is 0. The van der Waals surface area contributed by atoms with E-state index in [1.807, 2.05) is 30.3 Å². The van der Waals surface area contributed by atoms with Gasteiger partial charge in [0.15, 0.2) is 0 Å². The third-order valence-corrected chi connectivity index (χ3v) is 2.68. The molecule has 2 aromatic rings. The smallest absolute Gasteiger partial charge is 0.123 e. The minimum absolute atomic E-state index is 0.175. The van der Waals surface area contributed by atoms with Gasteiger partial charge < -0.3 is 5.32 Å². The maximum absolute atomic E-state index is 12.7. The molecule has 0 aliphatic heterocycles. The number of nitrogens with one attached hydrogen (secondary N) is 1. The standard InChI is InChI=1S/C15H16FN/c16-15-8-6-13(7-9-15)10-11-17-12-14-4-2-1-3-5-14/h1-9,17H,10-12H2. The molecule has 0 spiro atoms. The van der Waals surface area contributed by atoms with Crippen LogP contribution in [-0.2, 0) is 13.0 Å². The average molecular weight is 229 g/mol. The third kappa shape index (κ3) is 4.00. The van der Waals surface area contributed by atoms with Crippen LogP contribution in [0, 0.1) is 5.82 Å². The maximum atomic E-state index is 12.7. The molecule has 2 rings (SSSR count). The molecule has 17 heavy (non-hydrogen) atoms. The zero-order valence-corrected chi connectivity index (χ0v) is 9.70. The van der Waals surface area contributed by atoms with Crippen molar-refractivity contribution in [2.75, 3.05) is 6.54 Å². The van der Waals surface area contributed by atoms with Crippen LogP contribution >= 0.6 is 0 Å². The van der Waals surface area contributed by atoms with Gasteiger partial charge in [-0.05, 0) is 36.2 Å². The van der Waals surface area contributed by atoms with Crippen LogP contribution in [0.4, 0.5) is 4.39 Å². The summed E-state index contributed by atoms with van der Waals surface area (Å²) >= 11 is 0. The molecule has 0 unspecified atom stereocenters. The molecule has 2 heteroatoms. The Kier molecular flexibility index (Phi) is 4.28. The number of rotatable bonds is 5. The molecule has 1 nitrogen and oxygen atoms in total. The molecule has 0 aromatic heterocycles. The lowest BCUT2D eigenvalue weighted by molar-refractivity contribution is 0.626. The molecule has 0 amide bonds. The van der Waals surface area contributed by atoms with Gasteiger partial charge in [0.2, 0.25) is 0 Å². The number of halogens is 1. The highest BCUT2D eigenvalue weighted by atomic mass is 19.1. The molecule has 88 valence electrons. The van der Waals surface area contributed by atoms with Gasteiger partial charge in [0.25, 0.3) is 0 Å². The molecule has 0 saturated carbocycles. The Morgan fingerprint density at radius 2 is 1.53 bits per heavy atom. The second-order valence-corrected chi connectivity index (χ2v) is 4.04. The number of hydrogen-bond donors (Lipinski definition) is 1. The van der Waals surface area contributed by atoms with E-state index in [0.717, 1.165) is 25.1 Å². The first kappa shape index (κ1) is 11.8. The highest BCUT2D eigenvalue weighted by Crippen LogP contribution is 2.03. The van der Waals surface area contributed by atoms with Crippen LogP contribution in [0.15, 0.2) is 54.6 Å². The molecule has 2 aromatic carbocycles. The Morgan fingerprint density at radius 1 is 0.824 bits per heavy atom. The van der Waals surface area contributed by atoms with Gasteiger partial charge in [-0.15, -0.1) is 0 Å². The summed E-state index contributed by atoms with van der Waals surface area (Å²) in [5.74, 6) is -0.175. The van der Waals surface area contributed by atoms with Crippen molar-refractivity contribution in [3.8, 4) is 0 Å². The SMILES string of the molecule is Fc1ccc(CCNCc2ccccc2)cc1. The van der Waals surface area contributed by atoms with Crippen LogP contribution in [0.25, 0.3) is 0 Å². The van der Waals surface area contributed by atoms with E-state index >= 15 is 0 Å². The van der Waals surface area contributed by atoms with Gasteiger partial charge in [-0.3, -0.25) is 0 Å². The number of benzene rings is 2. The zero-order valence-electron chi connectivity index (χ0n) is 9.70. The summed E-state index contributed by atoms with van der Waals surface area (Å²) in [6.07, 6.45) is 0.924. The largest absolute Gasteiger partial charge is 0.312 e. The van der Waals surface area contributed by atoms with Gasteiger partial charge in [0.1, 0.15) is 5.82 Å². The quantitative estimate of drug-likeness (QED) is 0.777. The van der Waals surface area contributed by atoms with Gasteiger partial charge in [-0.25, -0.2) is 4.39 Å². The monoisotopic (exact) mass is 229 g/mol. The Balaban J connectivity index is 1.71. The van der Waals surface area contributed by atoms with E-state index in [4.69, 9.17) is 0 Å². The fourth-order valence-corrected chi connectivity index (χ4v) is 1.71. The van der Waals surface area contributed by atoms with Crippen molar-refractivity contribution in [3.05, 3.63) is 71.5 Å². The summed E-state index contributed by atoms with van der Waals surface area (Å²) in [5.41, 5.74) is 2.44. The second-order valence-electron chi connectivity index (χ2n) is 4.04. The molecule has 0 aliphatic rings. The van der Waals surface area contributed by atoms with Crippen LogP contribution in [0.5, 0.6) is 0 Å². The van der Waals surface area contributed by atoms with E-state index in [0.29, 0.717) is 0 Å². The second kappa shape index (κ2) is 6.16. The number of hydrogen-bond acceptors (Lipinski definition) is 1. The van der Waals surface area contributed by atoms with Gasteiger partial charge in [-0.1, -0.05) is 42.5 Å². The molecular formula is C15H16FN. The maximum Gasteiger partial charge on any atom is 0.123 e. The Morgan fingerprint density at radius 3 is 2.24 bits per heavy atom. The molecule has 0 heterocycles. The van der Waals surface area contributed by atoms with Gasteiger partial charge in [0, 0.05) is 6.54 Å². The first-order chi connectivity index (χ1) is 8.34. The Bertz CT molecular complexity index is 436. The van der Waals surface area contributed by atoms with Gasteiger partial charge in [-0.2, -0.15) is 0 Å². The Labute approximate surface area is 101 Å². The van der Waals surface area contributed by atoms with Crippen LogP contribution < -0.4 is 5.32 Å². The summed E-state index contributed by atoms with van der Waals surface area (Å²) in [5, 5.41) is 3.37. The van der Waals surface area contributed by atoms with E-state index in [2.05, 4.69) is 17.4 Å². The lowest BCUT2D eigenvalue weighted by Gasteiger charge is -2.05. The van der Waals surface area contributed by atoms with Crippen molar-refractivity contribution in [3.63, 3.8) is 0 Å². The normalized spacial score (nSPS) is 10.4. The van der Waals surface area contributed by atoms with E-state index in [-0.39, 0.29) is 5.82 Å². The van der Waals surface area contributed by atoms with Crippen LogP contribution in [-0.4, -0.2) is 6.54 Å². The molecule has 0 radical (unpaired) electrons. The zero-order chi connectivity index (χ0) is 11.9. The lowest BCUT2D eigenvalue weighted by Crippen LogP contribution is -2.16. The average Bonchev–Trinajstić information content (AvgIpc) is 2.38. The molecular weight excluding hydrogens is 213 g/mol. The van der Waals surface area contributed by atoms with Crippen LogP contribution in [0.3, 0.4) is 0 Å². The predicted molar refractivity (Wildman–Crippen MR) is 68.3 cm³/mol.